The molecule has 2 heterocycles. The molecule has 42 heavy (non-hydrogen) atoms. The molecular formula is C33H30N4O5. The average Bonchev–Trinajstić information content (AvgIpc) is 3.03. The number of ether oxygens (including phenoxy) is 4. The van der Waals surface area contributed by atoms with Crippen LogP contribution in [0.1, 0.15) is 33.4 Å². The van der Waals surface area contributed by atoms with Crippen molar-refractivity contribution in [2.45, 2.75) is 26.7 Å². The maximum atomic E-state index is 10.1. The van der Waals surface area contributed by atoms with Gasteiger partial charge in [0, 0.05) is 48.2 Å². The third kappa shape index (κ3) is 6.61. The maximum absolute atomic E-state index is 10.1. The fraction of sp³-hybridized carbons (Fsp3) is 0.242. The van der Waals surface area contributed by atoms with Crippen LogP contribution in [0.15, 0.2) is 67.0 Å². The molecule has 0 aliphatic carbocycles. The highest BCUT2D eigenvalue weighted by molar-refractivity contribution is 5.74. The van der Waals surface area contributed by atoms with Gasteiger partial charge in [-0.25, -0.2) is 0 Å². The molecule has 0 unspecified atom stereocenters. The van der Waals surface area contributed by atoms with Gasteiger partial charge in [0.1, 0.15) is 50.1 Å². The predicted octanol–water partition coefficient (Wildman–Crippen LogP) is 4.81. The summed E-state index contributed by atoms with van der Waals surface area (Å²) < 4.78 is 23.8. The monoisotopic (exact) mass is 562 g/mol. The fourth-order valence-electron chi connectivity index (χ4n) is 4.71. The van der Waals surface area contributed by atoms with Crippen LogP contribution in [0.5, 0.6) is 23.0 Å². The second kappa shape index (κ2) is 13.5. The van der Waals surface area contributed by atoms with E-state index in [4.69, 9.17) is 18.9 Å². The highest BCUT2D eigenvalue weighted by atomic mass is 16.6. The second-order valence-electron chi connectivity index (χ2n) is 9.71. The highest BCUT2D eigenvalue weighted by Gasteiger charge is 2.17. The molecule has 0 saturated heterocycles. The molecule has 1 aliphatic heterocycles. The molecule has 3 aromatic carbocycles. The van der Waals surface area contributed by atoms with Crippen molar-refractivity contribution < 1.29 is 24.1 Å². The van der Waals surface area contributed by atoms with E-state index in [0.717, 1.165) is 33.4 Å². The third-order valence-corrected chi connectivity index (χ3v) is 6.78. The van der Waals surface area contributed by atoms with Gasteiger partial charge in [-0.2, -0.15) is 10.5 Å². The molecule has 9 nitrogen and oxygen atoms in total. The third-order valence-electron chi connectivity index (χ3n) is 6.78. The second-order valence-corrected chi connectivity index (χ2v) is 9.71. The lowest BCUT2D eigenvalue weighted by atomic mass is 9.96. The Morgan fingerprint density at radius 2 is 1.74 bits per heavy atom. The van der Waals surface area contributed by atoms with E-state index < -0.39 is 0 Å². The number of benzene rings is 3. The molecule has 4 aromatic rings. The van der Waals surface area contributed by atoms with Crippen molar-refractivity contribution in [2.75, 3.05) is 26.4 Å². The topological polar surface area (TPSA) is 130 Å². The number of pyridine rings is 1. The van der Waals surface area contributed by atoms with Crippen molar-refractivity contribution in [1.29, 1.82) is 10.5 Å². The Morgan fingerprint density at radius 3 is 2.55 bits per heavy atom. The van der Waals surface area contributed by atoms with Gasteiger partial charge in [-0.1, -0.05) is 24.3 Å². The standard InChI is InChI=1S/C33H30N4O5/c1-22-11-27(19-36-7-8-38)32(41-20-24-12-23(15-34)17-37-18-24)14-31(22)42-21-26-3-2-4-28(29(26)16-35)25-5-6-30-33(13-25)40-10-9-39-30/h2-6,11-14,17-18,36,38H,7-10,19-21H2,1H3. The minimum Gasteiger partial charge on any atom is -0.488 e. The molecule has 212 valence electrons. The fourth-order valence-corrected chi connectivity index (χ4v) is 4.71. The molecule has 5 rings (SSSR count). The lowest BCUT2D eigenvalue weighted by molar-refractivity contribution is 0.171. The van der Waals surface area contributed by atoms with E-state index in [1.54, 1.807) is 12.3 Å². The molecule has 0 radical (unpaired) electrons. The van der Waals surface area contributed by atoms with Crippen molar-refractivity contribution in [3.8, 4) is 46.3 Å². The zero-order chi connectivity index (χ0) is 29.3. The number of aliphatic hydroxyl groups excluding tert-OH is 1. The summed E-state index contributed by atoms with van der Waals surface area (Å²) in [5.74, 6) is 2.58. The Morgan fingerprint density at radius 1 is 0.905 bits per heavy atom. The summed E-state index contributed by atoms with van der Waals surface area (Å²) in [7, 11) is 0. The van der Waals surface area contributed by atoms with Crippen LogP contribution in [0.25, 0.3) is 11.1 Å². The summed E-state index contributed by atoms with van der Waals surface area (Å²) in [6.45, 7) is 4.30. The molecule has 0 spiro atoms. The first-order chi connectivity index (χ1) is 20.6. The Balaban J connectivity index is 1.38. The average molecular weight is 563 g/mol. The molecule has 0 saturated carbocycles. The normalized spacial score (nSPS) is 11.8. The zero-order valence-electron chi connectivity index (χ0n) is 23.2. The van der Waals surface area contributed by atoms with Gasteiger partial charge in [-0.3, -0.25) is 4.98 Å². The van der Waals surface area contributed by atoms with Gasteiger partial charge >= 0.3 is 0 Å². The van der Waals surface area contributed by atoms with Gasteiger partial charge in [0.2, 0.25) is 0 Å². The molecular weight excluding hydrogens is 532 g/mol. The highest BCUT2D eigenvalue weighted by Crippen LogP contribution is 2.37. The van der Waals surface area contributed by atoms with Crippen LogP contribution >= 0.6 is 0 Å². The Kier molecular flexibility index (Phi) is 9.15. The quantitative estimate of drug-likeness (QED) is 0.247. The number of aromatic nitrogens is 1. The van der Waals surface area contributed by atoms with E-state index >= 15 is 0 Å². The van der Waals surface area contributed by atoms with E-state index in [1.807, 2.05) is 55.5 Å². The Bertz CT molecular complexity index is 1660. The van der Waals surface area contributed by atoms with E-state index in [-0.39, 0.29) is 19.8 Å². The van der Waals surface area contributed by atoms with Gasteiger partial charge in [-0.15, -0.1) is 0 Å². The van der Waals surface area contributed by atoms with Crippen molar-refractivity contribution in [1.82, 2.24) is 10.3 Å². The summed E-state index contributed by atoms with van der Waals surface area (Å²) in [5.41, 5.74) is 5.95. The van der Waals surface area contributed by atoms with Gasteiger partial charge in [0.05, 0.1) is 17.7 Å². The Hall–Kier alpha value is -5.09. The molecule has 0 fully saturated rings. The maximum Gasteiger partial charge on any atom is 0.161 e. The number of aliphatic hydroxyl groups is 1. The molecule has 2 N–H and O–H groups in total. The number of hydrogen-bond donors (Lipinski definition) is 2. The first kappa shape index (κ1) is 28.4. The van der Waals surface area contributed by atoms with E-state index in [1.165, 1.54) is 6.20 Å². The van der Waals surface area contributed by atoms with Crippen molar-refractivity contribution in [2.24, 2.45) is 0 Å². The first-order valence-electron chi connectivity index (χ1n) is 13.6. The summed E-state index contributed by atoms with van der Waals surface area (Å²) in [5, 5.41) is 31.7. The van der Waals surface area contributed by atoms with Gasteiger partial charge in [-0.05, 0) is 47.9 Å². The number of fused-ring (bicyclic) bond motifs is 1. The first-order valence-corrected chi connectivity index (χ1v) is 13.6. The number of nitrogens with one attached hydrogen (secondary N) is 1. The smallest absolute Gasteiger partial charge is 0.161 e. The van der Waals surface area contributed by atoms with Crippen molar-refractivity contribution in [3.63, 3.8) is 0 Å². The van der Waals surface area contributed by atoms with Crippen LogP contribution in [0.3, 0.4) is 0 Å². The van der Waals surface area contributed by atoms with Crippen LogP contribution in [-0.2, 0) is 19.8 Å². The summed E-state index contributed by atoms with van der Waals surface area (Å²) in [6.07, 6.45) is 3.16. The summed E-state index contributed by atoms with van der Waals surface area (Å²) in [4.78, 5) is 4.11. The van der Waals surface area contributed by atoms with Crippen LogP contribution in [-0.4, -0.2) is 36.5 Å². The van der Waals surface area contributed by atoms with Gasteiger partial charge in [0.25, 0.3) is 0 Å². The van der Waals surface area contributed by atoms with E-state index in [9.17, 15) is 15.6 Å². The zero-order valence-corrected chi connectivity index (χ0v) is 23.2. The minimum absolute atomic E-state index is 0.0234. The molecule has 9 heteroatoms. The number of aryl methyl sites for hydroxylation is 1. The summed E-state index contributed by atoms with van der Waals surface area (Å²) in [6, 6.07) is 21.4. The van der Waals surface area contributed by atoms with Crippen molar-refractivity contribution >= 4 is 0 Å². The van der Waals surface area contributed by atoms with Crippen LogP contribution in [0, 0.1) is 29.6 Å². The van der Waals surface area contributed by atoms with E-state index in [2.05, 4.69) is 22.4 Å². The molecule has 1 aliphatic rings. The number of nitrogens with zero attached hydrogens (tertiary/aromatic N) is 3. The minimum atomic E-state index is 0.0234. The molecule has 0 atom stereocenters. The SMILES string of the molecule is Cc1cc(CNCCO)c(OCc2cncc(C#N)c2)cc1OCc1cccc(-c2ccc3c(c2)OCCO3)c1C#N. The van der Waals surface area contributed by atoms with Gasteiger partial charge < -0.3 is 29.4 Å². The number of nitriles is 2. The molecule has 0 bridgehead atoms. The summed E-state index contributed by atoms with van der Waals surface area (Å²) >= 11 is 0. The van der Waals surface area contributed by atoms with E-state index in [0.29, 0.717) is 60.4 Å². The number of rotatable bonds is 11. The largest absolute Gasteiger partial charge is 0.488 e. The van der Waals surface area contributed by atoms with Crippen molar-refractivity contribution in [3.05, 3.63) is 100 Å². The lowest BCUT2D eigenvalue weighted by Gasteiger charge is -2.19. The molecule has 1 aromatic heterocycles. The predicted molar refractivity (Wildman–Crippen MR) is 155 cm³/mol. The van der Waals surface area contributed by atoms with Crippen LogP contribution < -0.4 is 24.3 Å². The molecule has 0 amide bonds. The number of hydrogen-bond acceptors (Lipinski definition) is 9. The van der Waals surface area contributed by atoms with Crippen LogP contribution in [0.2, 0.25) is 0 Å². The lowest BCUT2D eigenvalue weighted by Crippen LogP contribution is -2.18. The van der Waals surface area contributed by atoms with Crippen LogP contribution in [0.4, 0.5) is 0 Å². The Labute approximate surface area is 244 Å². The van der Waals surface area contributed by atoms with Gasteiger partial charge in [0.15, 0.2) is 11.5 Å².